The molecule has 1 fully saturated rings. The van der Waals surface area contributed by atoms with Crippen LogP contribution in [-0.2, 0) is 0 Å². The van der Waals surface area contributed by atoms with Gasteiger partial charge in [-0.25, -0.2) is 0 Å². The van der Waals surface area contributed by atoms with Crippen LogP contribution in [0.25, 0.3) is 0 Å². The lowest BCUT2D eigenvalue weighted by molar-refractivity contribution is 0.0645. The standard InChI is InChI=1S/C13H16BrNO2S/c1-8-4-5-15(11(8)7-16)13(17)10-3-2-9(14)6-12(10)18/h2-3,6,8,11,16,18H,4-5,7H2,1H3. The van der Waals surface area contributed by atoms with E-state index in [0.717, 1.165) is 10.9 Å². The lowest BCUT2D eigenvalue weighted by Gasteiger charge is -2.25. The van der Waals surface area contributed by atoms with Crippen molar-refractivity contribution in [3.05, 3.63) is 28.2 Å². The molecule has 1 aliphatic rings. The third-order valence-electron chi connectivity index (χ3n) is 3.52. The van der Waals surface area contributed by atoms with E-state index in [-0.39, 0.29) is 18.6 Å². The Morgan fingerprint density at radius 1 is 1.61 bits per heavy atom. The Labute approximate surface area is 121 Å². The summed E-state index contributed by atoms with van der Waals surface area (Å²) in [6, 6.07) is 5.34. The van der Waals surface area contributed by atoms with Gasteiger partial charge in [-0.15, -0.1) is 12.6 Å². The average molecular weight is 330 g/mol. The van der Waals surface area contributed by atoms with Gasteiger partial charge in [0.25, 0.3) is 5.91 Å². The first-order valence-electron chi connectivity index (χ1n) is 5.95. The second kappa shape index (κ2) is 5.63. The molecular weight excluding hydrogens is 314 g/mol. The molecule has 2 rings (SSSR count). The van der Waals surface area contributed by atoms with Crippen LogP contribution in [0.5, 0.6) is 0 Å². The van der Waals surface area contributed by atoms with Crippen LogP contribution in [-0.4, -0.2) is 35.1 Å². The van der Waals surface area contributed by atoms with Crippen LogP contribution >= 0.6 is 28.6 Å². The Balaban J connectivity index is 2.26. The number of hydrogen-bond donors (Lipinski definition) is 2. The number of rotatable bonds is 2. The molecule has 3 nitrogen and oxygen atoms in total. The lowest BCUT2D eigenvalue weighted by Crippen LogP contribution is -2.40. The summed E-state index contributed by atoms with van der Waals surface area (Å²) in [5.74, 6) is 0.300. The minimum absolute atomic E-state index is 0.0192. The number of aliphatic hydroxyl groups excluding tert-OH is 1. The molecule has 2 atom stereocenters. The molecule has 18 heavy (non-hydrogen) atoms. The Kier molecular flexibility index (Phi) is 4.35. The molecule has 0 radical (unpaired) electrons. The maximum Gasteiger partial charge on any atom is 0.255 e. The van der Waals surface area contributed by atoms with Crippen molar-refractivity contribution in [3.63, 3.8) is 0 Å². The van der Waals surface area contributed by atoms with E-state index in [2.05, 4.69) is 35.5 Å². The van der Waals surface area contributed by atoms with Gasteiger partial charge in [-0.2, -0.15) is 0 Å². The number of carbonyl (C=O) groups excluding carboxylic acids is 1. The van der Waals surface area contributed by atoms with Crippen LogP contribution < -0.4 is 0 Å². The monoisotopic (exact) mass is 329 g/mol. The number of likely N-dealkylation sites (tertiary alicyclic amines) is 1. The van der Waals surface area contributed by atoms with Gasteiger partial charge >= 0.3 is 0 Å². The molecule has 98 valence electrons. The lowest BCUT2D eigenvalue weighted by atomic mass is 10.0. The summed E-state index contributed by atoms with van der Waals surface area (Å²) >= 11 is 7.69. The highest BCUT2D eigenvalue weighted by atomic mass is 79.9. The quantitative estimate of drug-likeness (QED) is 0.819. The normalized spacial score (nSPS) is 23.4. The highest BCUT2D eigenvalue weighted by Crippen LogP contribution is 2.28. The number of carbonyl (C=O) groups is 1. The second-order valence-electron chi connectivity index (χ2n) is 4.68. The van der Waals surface area contributed by atoms with Gasteiger partial charge in [0.05, 0.1) is 18.2 Å². The molecule has 2 unspecified atom stereocenters. The third kappa shape index (κ3) is 2.58. The van der Waals surface area contributed by atoms with Crippen LogP contribution in [0.15, 0.2) is 27.6 Å². The number of hydrogen-bond acceptors (Lipinski definition) is 3. The average Bonchev–Trinajstić information content (AvgIpc) is 2.69. The molecule has 5 heteroatoms. The first-order valence-corrected chi connectivity index (χ1v) is 7.19. The SMILES string of the molecule is CC1CCN(C(=O)c2ccc(Br)cc2S)C1CO. The molecule has 0 aliphatic carbocycles. The molecule has 1 amide bonds. The van der Waals surface area contributed by atoms with Gasteiger partial charge in [0.2, 0.25) is 0 Å². The number of thiol groups is 1. The van der Waals surface area contributed by atoms with E-state index >= 15 is 0 Å². The molecule has 0 aromatic heterocycles. The van der Waals surface area contributed by atoms with Gasteiger partial charge in [0.1, 0.15) is 0 Å². The molecule has 1 N–H and O–H groups in total. The molecule has 1 saturated heterocycles. The van der Waals surface area contributed by atoms with Crippen LogP contribution in [0, 0.1) is 5.92 Å². The van der Waals surface area contributed by atoms with Crippen molar-refractivity contribution >= 4 is 34.5 Å². The summed E-state index contributed by atoms with van der Waals surface area (Å²) in [5.41, 5.74) is 0.592. The molecule has 0 saturated carbocycles. The summed E-state index contributed by atoms with van der Waals surface area (Å²) in [4.78, 5) is 14.9. The fourth-order valence-electron chi connectivity index (χ4n) is 2.38. The van der Waals surface area contributed by atoms with Gasteiger partial charge < -0.3 is 10.0 Å². The van der Waals surface area contributed by atoms with E-state index in [9.17, 15) is 9.90 Å². The molecule has 1 heterocycles. The van der Waals surface area contributed by atoms with E-state index in [1.165, 1.54) is 0 Å². The summed E-state index contributed by atoms with van der Waals surface area (Å²) < 4.78 is 0.901. The van der Waals surface area contributed by atoms with Crippen LogP contribution in [0.1, 0.15) is 23.7 Å². The Bertz CT molecular complexity index is 466. The number of halogens is 1. The highest BCUT2D eigenvalue weighted by molar-refractivity contribution is 9.10. The fraction of sp³-hybridized carbons (Fsp3) is 0.462. The maximum atomic E-state index is 12.4. The Morgan fingerprint density at radius 3 is 2.94 bits per heavy atom. The van der Waals surface area contributed by atoms with Gasteiger partial charge in [-0.3, -0.25) is 4.79 Å². The zero-order valence-electron chi connectivity index (χ0n) is 10.1. The predicted molar refractivity (Wildman–Crippen MR) is 77.1 cm³/mol. The molecule has 1 aromatic carbocycles. The summed E-state index contributed by atoms with van der Waals surface area (Å²) in [5, 5.41) is 9.40. The Morgan fingerprint density at radius 2 is 2.33 bits per heavy atom. The predicted octanol–water partition coefficient (Wildman–Crippen LogP) is 2.58. The third-order valence-corrected chi connectivity index (χ3v) is 4.38. The largest absolute Gasteiger partial charge is 0.394 e. The van der Waals surface area contributed by atoms with E-state index in [0.29, 0.717) is 22.9 Å². The summed E-state index contributed by atoms with van der Waals surface area (Å²) in [7, 11) is 0. The van der Waals surface area contributed by atoms with Crippen molar-refractivity contribution in [3.8, 4) is 0 Å². The van der Waals surface area contributed by atoms with Crippen molar-refractivity contribution in [2.45, 2.75) is 24.3 Å². The molecule has 1 aliphatic heterocycles. The van der Waals surface area contributed by atoms with E-state index in [1.807, 2.05) is 12.1 Å². The smallest absolute Gasteiger partial charge is 0.255 e. The maximum absolute atomic E-state index is 12.4. The van der Waals surface area contributed by atoms with E-state index in [1.54, 1.807) is 11.0 Å². The topological polar surface area (TPSA) is 40.5 Å². The fourth-order valence-corrected chi connectivity index (χ4v) is 3.23. The van der Waals surface area contributed by atoms with E-state index < -0.39 is 0 Å². The zero-order chi connectivity index (χ0) is 13.3. The van der Waals surface area contributed by atoms with Crippen LogP contribution in [0.3, 0.4) is 0 Å². The number of aliphatic hydroxyl groups is 1. The highest BCUT2D eigenvalue weighted by Gasteiger charge is 2.34. The first-order chi connectivity index (χ1) is 8.54. The molecule has 0 spiro atoms. The van der Waals surface area contributed by atoms with Gasteiger partial charge in [-0.1, -0.05) is 22.9 Å². The summed E-state index contributed by atoms with van der Waals surface area (Å²) in [6.45, 7) is 2.79. The first kappa shape index (κ1) is 13.9. The van der Waals surface area contributed by atoms with Gasteiger partial charge in [0.15, 0.2) is 0 Å². The zero-order valence-corrected chi connectivity index (χ0v) is 12.6. The minimum atomic E-state index is -0.0751. The number of amides is 1. The van der Waals surface area contributed by atoms with Crippen molar-refractivity contribution in [1.29, 1.82) is 0 Å². The number of nitrogens with zero attached hydrogens (tertiary/aromatic N) is 1. The van der Waals surface area contributed by atoms with Crippen molar-refractivity contribution in [1.82, 2.24) is 4.90 Å². The van der Waals surface area contributed by atoms with Crippen molar-refractivity contribution in [2.24, 2.45) is 5.92 Å². The van der Waals surface area contributed by atoms with Crippen LogP contribution in [0.2, 0.25) is 0 Å². The molecular formula is C13H16BrNO2S. The molecule has 0 bridgehead atoms. The number of benzene rings is 1. The van der Waals surface area contributed by atoms with Gasteiger partial charge in [0, 0.05) is 15.9 Å². The van der Waals surface area contributed by atoms with Crippen molar-refractivity contribution < 1.29 is 9.90 Å². The van der Waals surface area contributed by atoms with Crippen LogP contribution in [0.4, 0.5) is 0 Å². The Hall–Kier alpha value is -0.520. The molecule has 1 aromatic rings. The second-order valence-corrected chi connectivity index (χ2v) is 6.07. The van der Waals surface area contributed by atoms with Crippen molar-refractivity contribution in [2.75, 3.05) is 13.2 Å². The minimum Gasteiger partial charge on any atom is -0.394 e. The summed E-state index contributed by atoms with van der Waals surface area (Å²) in [6.07, 6.45) is 0.940. The van der Waals surface area contributed by atoms with Gasteiger partial charge in [-0.05, 0) is 30.5 Å². The van der Waals surface area contributed by atoms with E-state index in [4.69, 9.17) is 0 Å².